The van der Waals surface area contributed by atoms with Crippen LogP contribution in [0, 0.1) is 11.3 Å². The number of carbonyl (C=O) groups is 1. The standard InChI is InChI=1S/C19H21N3O5S/c1-21-28(24,25)13-15-6-4-10-22(15)19(23)18-9-8-16(27-18)12-26-17-7-3-2-5-14(17)11-20/h2-3,5,7-9,15,21H,4,6,10,12-13H2,1H3/t15-/m1/s1. The van der Waals surface area contributed by atoms with E-state index in [0.29, 0.717) is 30.0 Å². The summed E-state index contributed by atoms with van der Waals surface area (Å²) < 4.78 is 37.1. The molecule has 8 nitrogen and oxygen atoms in total. The first-order chi connectivity index (χ1) is 13.4. The molecule has 1 N–H and O–H groups in total. The number of carbonyl (C=O) groups excluding carboxylic acids is 1. The van der Waals surface area contributed by atoms with Crippen molar-refractivity contribution in [2.45, 2.75) is 25.5 Å². The highest BCUT2D eigenvalue weighted by molar-refractivity contribution is 7.89. The SMILES string of the molecule is CNS(=O)(=O)C[C@H]1CCCN1C(=O)c1ccc(COc2ccccc2C#N)o1. The van der Waals surface area contributed by atoms with E-state index < -0.39 is 10.0 Å². The number of nitrogens with zero attached hydrogens (tertiary/aromatic N) is 2. The van der Waals surface area contributed by atoms with Crippen molar-refractivity contribution in [1.82, 2.24) is 9.62 Å². The van der Waals surface area contributed by atoms with E-state index in [-0.39, 0.29) is 30.1 Å². The second-order valence-electron chi connectivity index (χ2n) is 6.44. The zero-order valence-electron chi connectivity index (χ0n) is 15.4. The molecule has 1 fully saturated rings. The fraction of sp³-hybridized carbons (Fsp3) is 0.368. The van der Waals surface area contributed by atoms with Gasteiger partial charge in [-0.05, 0) is 44.2 Å². The van der Waals surface area contributed by atoms with E-state index in [4.69, 9.17) is 14.4 Å². The average molecular weight is 403 g/mol. The number of rotatable bonds is 7. The third-order valence-corrected chi connectivity index (χ3v) is 6.06. The lowest BCUT2D eigenvalue weighted by Gasteiger charge is -2.23. The van der Waals surface area contributed by atoms with Gasteiger partial charge in [-0.25, -0.2) is 13.1 Å². The second kappa shape index (κ2) is 8.46. The summed E-state index contributed by atoms with van der Waals surface area (Å²) in [7, 11) is -2.05. The Morgan fingerprint density at radius 1 is 1.36 bits per heavy atom. The number of nitriles is 1. The van der Waals surface area contributed by atoms with Gasteiger partial charge in [0.15, 0.2) is 5.76 Å². The van der Waals surface area contributed by atoms with Crippen LogP contribution in [0.3, 0.4) is 0 Å². The fourth-order valence-corrected chi connectivity index (χ4v) is 4.18. The Kier molecular flexibility index (Phi) is 6.02. The topological polar surface area (TPSA) is 113 Å². The van der Waals surface area contributed by atoms with E-state index in [1.165, 1.54) is 7.05 Å². The summed E-state index contributed by atoms with van der Waals surface area (Å²) in [5.41, 5.74) is 0.413. The summed E-state index contributed by atoms with van der Waals surface area (Å²) in [4.78, 5) is 14.3. The number of hydrogen-bond donors (Lipinski definition) is 1. The van der Waals surface area contributed by atoms with Crippen LogP contribution in [0.5, 0.6) is 5.75 Å². The second-order valence-corrected chi connectivity index (χ2v) is 8.41. The Morgan fingerprint density at radius 2 is 2.14 bits per heavy atom. The molecule has 1 saturated heterocycles. The van der Waals surface area contributed by atoms with E-state index in [1.54, 1.807) is 41.3 Å². The van der Waals surface area contributed by atoms with Crippen LogP contribution in [-0.2, 0) is 16.6 Å². The van der Waals surface area contributed by atoms with Gasteiger partial charge in [-0.2, -0.15) is 5.26 Å². The van der Waals surface area contributed by atoms with Gasteiger partial charge in [0.25, 0.3) is 5.91 Å². The van der Waals surface area contributed by atoms with Crippen LogP contribution in [0.15, 0.2) is 40.8 Å². The number of sulfonamides is 1. The monoisotopic (exact) mass is 403 g/mol. The lowest BCUT2D eigenvalue weighted by Crippen LogP contribution is -2.41. The number of nitrogens with one attached hydrogen (secondary N) is 1. The van der Waals surface area contributed by atoms with Crippen molar-refractivity contribution in [3.63, 3.8) is 0 Å². The van der Waals surface area contributed by atoms with Crippen LogP contribution >= 0.6 is 0 Å². The molecule has 0 aliphatic carbocycles. The number of amides is 1. The minimum atomic E-state index is -3.41. The Bertz CT molecular complexity index is 993. The van der Waals surface area contributed by atoms with Crippen molar-refractivity contribution in [1.29, 1.82) is 5.26 Å². The summed E-state index contributed by atoms with van der Waals surface area (Å²) in [6.45, 7) is 0.564. The first-order valence-electron chi connectivity index (χ1n) is 8.86. The molecule has 0 bridgehead atoms. The van der Waals surface area contributed by atoms with Gasteiger partial charge >= 0.3 is 0 Å². The Labute approximate surface area is 163 Å². The molecule has 28 heavy (non-hydrogen) atoms. The molecule has 148 valence electrons. The van der Waals surface area contributed by atoms with Gasteiger partial charge < -0.3 is 14.1 Å². The maximum absolute atomic E-state index is 12.8. The zero-order valence-corrected chi connectivity index (χ0v) is 16.2. The summed E-state index contributed by atoms with van der Waals surface area (Å²) in [5.74, 6) is 0.552. The maximum atomic E-state index is 12.8. The molecule has 0 radical (unpaired) electrons. The Balaban J connectivity index is 1.66. The maximum Gasteiger partial charge on any atom is 0.289 e. The van der Waals surface area contributed by atoms with Crippen molar-refractivity contribution < 1.29 is 22.4 Å². The molecule has 1 aromatic carbocycles. The minimum absolute atomic E-state index is 0.0730. The van der Waals surface area contributed by atoms with Crippen molar-refractivity contribution in [2.75, 3.05) is 19.3 Å². The smallest absolute Gasteiger partial charge is 0.289 e. The van der Waals surface area contributed by atoms with Gasteiger partial charge in [0.1, 0.15) is 24.2 Å². The number of furan rings is 1. The van der Waals surface area contributed by atoms with Crippen LogP contribution in [0.2, 0.25) is 0 Å². The van der Waals surface area contributed by atoms with E-state index in [1.807, 2.05) is 6.07 Å². The van der Waals surface area contributed by atoms with Gasteiger partial charge in [-0.15, -0.1) is 0 Å². The number of para-hydroxylation sites is 1. The predicted molar refractivity (Wildman–Crippen MR) is 101 cm³/mol. The van der Waals surface area contributed by atoms with Crippen LogP contribution < -0.4 is 9.46 Å². The molecule has 1 amide bonds. The molecule has 0 spiro atoms. The quantitative estimate of drug-likeness (QED) is 0.755. The molecular formula is C19H21N3O5S. The molecule has 2 heterocycles. The van der Waals surface area contributed by atoms with Crippen molar-refractivity contribution in [2.24, 2.45) is 0 Å². The van der Waals surface area contributed by atoms with Crippen molar-refractivity contribution in [3.8, 4) is 11.8 Å². The van der Waals surface area contributed by atoms with E-state index in [9.17, 15) is 13.2 Å². The average Bonchev–Trinajstić information content (AvgIpc) is 3.35. The number of likely N-dealkylation sites (tertiary alicyclic amines) is 1. The van der Waals surface area contributed by atoms with Gasteiger partial charge in [0.2, 0.25) is 10.0 Å². The van der Waals surface area contributed by atoms with E-state index in [2.05, 4.69) is 4.72 Å². The van der Waals surface area contributed by atoms with Crippen LogP contribution in [0.25, 0.3) is 0 Å². The lowest BCUT2D eigenvalue weighted by atomic mass is 10.2. The van der Waals surface area contributed by atoms with Crippen molar-refractivity contribution in [3.05, 3.63) is 53.5 Å². The Hall–Kier alpha value is -2.83. The summed E-state index contributed by atoms with van der Waals surface area (Å²) in [5, 5.41) is 9.09. The number of hydrogen-bond acceptors (Lipinski definition) is 6. The molecular weight excluding hydrogens is 382 g/mol. The number of benzene rings is 1. The fourth-order valence-electron chi connectivity index (χ4n) is 3.16. The van der Waals surface area contributed by atoms with Crippen LogP contribution in [-0.4, -0.2) is 44.6 Å². The molecule has 1 aliphatic rings. The van der Waals surface area contributed by atoms with Gasteiger partial charge in [-0.3, -0.25) is 4.79 Å². The van der Waals surface area contributed by atoms with Crippen molar-refractivity contribution >= 4 is 15.9 Å². The molecule has 3 rings (SSSR count). The zero-order chi connectivity index (χ0) is 20.1. The Morgan fingerprint density at radius 3 is 2.89 bits per heavy atom. The molecule has 0 saturated carbocycles. The summed E-state index contributed by atoms with van der Waals surface area (Å²) >= 11 is 0. The third-order valence-electron chi connectivity index (χ3n) is 4.61. The molecule has 2 aromatic rings. The minimum Gasteiger partial charge on any atom is -0.484 e. The highest BCUT2D eigenvalue weighted by Crippen LogP contribution is 2.23. The van der Waals surface area contributed by atoms with E-state index in [0.717, 1.165) is 6.42 Å². The van der Waals surface area contributed by atoms with Gasteiger partial charge in [-0.1, -0.05) is 12.1 Å². The largest absolute Gasteiger partial charge is 0.484 e. The third kappa shape index (κ3) is 4.52. The molecule has 1 aromatic heterocycles. The first kappa shape index (κ1) is 19.9. The lowest BCUT2D eigenvalue weighted by molar-refractivity contribution is 0.0712. The molecule has 0 unspecified atom stereocenters. The summed E-state index contributed by atoms with van der Waals surface area (Å²) in [6, 6.07) is 11.7. The highest BCUT2D eigenvalue weighted by atomic mass is 32.2. The molecule has 1 aliphatic heterocycles. The molecule has 1 atom stereocenters. The summed E-state index contributed by atoms with van der Waals surface area (Å²) in [6.07, 6.45) is 1.38. The molecule has 9 heteroatoms. The van der Waals surface area contributed by atoms with E-state index >= 15 is 0 Å². The normalized spacial score (nSPS) is 16.7. The predicted octanol–water partition coefficient (Wildman–Crippen LogP) is 1.88. The number of ether oxygens (including phenoxy) is 1. The highest BCUT2D eigenvalue weighted by Gasteiger charge is 2.33. The first-order valence-corrected chi connectivity index (χ1v) is 10.5. The van der Waals surface area contributed by atoms with Crippen LogP contribution in [0.4, 0.5) is 0 Å². The van der Waals surface area contributed by atoms with Crippen LogP contribution in [0.1, 0.15) is 34.7 Å². The van der Waals surface area contributed by atoms with Gasteiger partial charge in [0, 0.05) is 12.6 Å². The van der Waals surface area contributed by atoms with Gasteiger partial charge in [0.05, 0.1) is 11.3 Å².